The van der Waals surface area contributed by atoms with Gasteiger partial charge >= 0.3 is 12.1 Å². The summed E-state index contributed by atoms with van der Waals surface area (Å²) in [5.74, 6) is -0.976. The standard InChI is InChI=1S/C11H20N2O4/c1-11(2,3)17-10(16)13-6-7(5-12)4-8(13)9(14)15/h7-8H,4-6,12H2,1-3H3,(H,14,15)/t7?,8-/m1/s1. The van der Waals surface area contributed by atoms with Gasteiger partial charge in [-0.05, 0) is 39.7 Å². The molecular formula is C11H20N2O4. The molecule has 1 amide bonds. The van der Waals surface area contributed by atoms with Crippen molar-refractivity contribution in [2.45, 2.75) is 38.8 Å². The third-order valence-electron chi connectivity index (χ3n) is 2.63. The lowest BCUT2D eigenvalue weighted by atomic mass is 10.1. The highest BCUT2D eigenvalue weighted by Gasteiger charge is 2.40. The summed E-state index contributed by atoms with van der Waals surface area (Å²) in [6.07, 6.45) is -0.189. The van der Waals surface area contributed by atoms with Crippen LogP contribution in [0.3, 0.4) is 0 Å². The second kappa shape index (κ2) is 4.91. The average Bonchev–Trinajstić information content (AvgIpc) is 2.58. The fourth-order valence-corrected chi connectivity index (χ4v) is 1.85. The molecule has 0 aliphatic carbocycles. The Balaban J connectivity index is 2.73. The third-order valence-corrected chi connectivity index (χ3v) is 2.63. The van der Waals surface area contributed by atoms with Gasteiger partial charge in [-0.15, -0.1) is 0 Å². The lowest BCUT2D eigenvalue weighted by molar-refractivity contribution is -0.142. The number of hydrogen-bond acceptors (Lipinski definition) is 4. The molecule has 0 aromatic carbocycles. The van der Waals surface area contributed by atoms with Gasteiger partial charge in [0.15, 0.2) is 0 Å². The second-order valence-electron chi connectivity index (χ2n) is 5.32. The highest BCUT2D eigenvalue weighted by atomic mass is 16.6. The molecule has 1 saturated heterocycles. The maximum Gasteiger partial charge on any atom is 0.411 e. The number of carbonyl (C=O) groups is 2. The summed E-state index contributed by atoms with van der Waals surface area (Å²) in [4.78, 5) is 24.1. The van der Waals surface area contributed by atoms with E-state index in [1.807, 2.05) is 0 Å². The van der Waals surface area contributed by atoms with Gasteiger partial charge < -0.3 is 15.6 Å². The van der Waals surface area contributed by atoms with Gasteiger partial charge in [0.1, 0.15) is 11.6 Å². The molecule has 6 nitrogen and oxygen atoms in total. The van der Waals surface area contributed by atoms with E-state index in [1.54, 1.807) is 20.8 Å². The Labute approximate surface area is 101 Å². The summed E-state index contributed by atoms with van der Waals surface area (Å²) in [6.45, 7) is 5.97. The van der Waals surface area contributed by atoms with E-state index in [1.165, 1.54) is 4.90 Å². The Kier molecular flexibility index (Phi) is 3.98. The molecule has 6 heteroatoms. The SMILES string of the molecule is CC(C)(C)OC(=O)N1CC(CN)C[C@@H]1C(=O)O. The van der Waals surface area contributed by atoms with E-state index < -0.39 is 23.7 Å². The van der Waals surface area contributed by atoms with E-state index in [0.29, 0.717) is 19.5 Å². The van der Waals surface area contributed by atoms with Crippen LogP contribution in [-0.2, 0) is 9.53 Å². The van der Waals surface area contributed by atoms with E-state index in [4.69, 9.17) is 15.6 Å². The Bertz CT molecular complexity index is 311. The number of carboxylic acids is 1. The molecule has 0 radical (unpaired) electrons. The zero-order chi connectivity index (χ0) is 13.2. The van der Waals surface area contributed by atoms with Gasteiger partial charge in [0.05, 0.1) is 0 Å². The third kappa shape index (κ3) is 3.59. The fraction of sp³-hybridized carbons (Fsp3) is 0.818. The van der Waals surface area contributed by atoms with Gasteiger partial charge in [0.2, 0.25) is 0 Å². The quantitative estimate of drug-likeness (QED) is 0.744. The van der Waals surface area contributed by atoms with Crippen molar-refractivity contribution in [3.05, 3.63) is 0 Å². The first-order valence-corrected chi connectivity index (χ1v) is 5.67. The van der Waals surface area contributed by atoms with Crippen LogP contribution < -0.4 is 5.73 Å². The van der Waals surface area contributed by atoms with Crippen LogP contribution >= 0.6 is 0 Å². The number of carbonyl (C=O) groups excluding carboxylic acids is 1. The van der Waals surface area contributed by atoms with Crippen molar-refractivity contribution in [3.63, 3.8) is 0 Å². The van der Waals surface area contributed by atoms with Crippen LogP contribution in [0.15, 0.2) is 0 Å². The van der Waals surface area contributed by atoms with Crippen molar-refractivity contribution in [1.29, 1.82) is 0 Å². The Hall–Kier alpha value is -1.30. The van der Waals surface area contributed by atoms with Crippen molar-refractivity contribution < 1.29 is 19.4 Å². The van der Waals surface area contributed by atoms with Crippen LogP contribution in [-0.4, -0.2) is 46.8 Å². The molecule has 1 fully saturated rings. The minimum absolute atomic E-state index is 0.0311. The molecule has 1 unspecified atom stereocenters. The van der Waals surface area contributed by atoms with Gasteiger partial charge in [-0.25, -0.2) is 9.59 Å². The molecule has 0 spiro atoms. The molecule has 1 aliphatic rings. The predicted molar refractivity (Wildman–Crippen MR) is 61.5 cm³/mol. The fourth-order valence-electron chi connectivity index (χ4n) is 1.85. The van der Waals surface area contributed by atoms with Gasteiger partial charge in [-0.2, -0.15) is 0 Å². The zero-order valence-electron chi connectivity index (χ0n) is 10.5. The second-order valence-corrected chi connectivity index (χ2v) is 5.32. The van der Waals surface area contributed by atoms with E-state index >= 15 is 0 Å². The first-order valence-electron chi connectivity index (χ1n) is 5.67. The number of carboxylic acid groups (broad SMARTS) is 1. The first kappa shape index (κ1) is 13.8. The minimum atomic E-state index is -1.01. The number of nitrogens with two attached hydrogens (primary N) is 1. The molecule has 0 saturated carbocycles. The van der Waals surface area contributed by atoms with Crippen LogP contribution in [0, 0.1) is 5.92 Å². The molecule has 0 aromatic heterocycles. The van der Waals surface area contributed by atoms with E-state index in [0.717, 1.165) is 0 Å². The summed E-state index contributed by atoms with van der Waals surface area (Å²) >= 11 is 0. The lowest BCUT2D eigenvalue weighted by Crippen LogP contribution is -2.43. The molecule has 3 N–H and O–H groups in total. The normalized spacial score (nSPS) is 24.8. The van der Waals surface area contributed by atoms with E-state index in [-0.39, 0.29) is 5.92 Å². The molecule has 0 bridgehead atoms. The number of likely N-dealkylation sites (tertiary alicyclic amines) is 1. The summed E-state index contributed by atoms with van der Waals surface area (Å²) in [7, 11) is 0. The summed E-state index contributed by atoms with van der Waals surface area (Å²) in [5.41, 5.74) is 4.89. The van der Waals surface area contributed by atoms with Crippen LogP contribution in [0.2, 0.25) is 0 Å². The number of amides is 1. The van der Waals surface area contributed by atoms with E-state index in [2.05, 4.69) is 0 Å². The molecule has 98 valence electrons. The molecule has 0 aromatic rings. The largest absolute Gasteiger partial charge is 0.480 e. The van der Waals surface area contributed by atoms with Crippen LogP contribution in [0.25, 0.3) is 0 Å². The summed E-state index contributed by atoms with van der Waals surface area (Å²) in [5, 5.41) is 9.05. The average molecular weight is 244 g/mol. The number of rotatable bonds is 2. The molecular weight excluding hydrogens is 224 g/mol. The maximum absolute atomic E-state index is 11.8. The van der Waals surface area contributed by atoms with Crippen molar-refractivity contribution in [2.24, 2.45) is 11.7 Å². The van der Waals surface area contributed by atoms with E-state index in [9.17, 15) is 9.59 Å². The Morgan fingerprint density at radius 2 is 2.06 bits per heavy atom. The predicted octanol–water partition coefficient (Wildman–Crippen LogP) is 0.655. The van der Waals surface area contributed by atoms with Gasteiger partial charge in [0, 0.05) is 6.54 Å². The van der Waals surface area contributed by atoms with Gasteiger partial charge in [-0.1, -0.05) is 0 Å². The number of nitrogens with zero attached hydrogens (tertiary/aromatic N) is 1. The molecule has 1 aliphatic heterocycles. The molecule has 1 heterocycles. The topological polar surface area (TPSA) is 92.9 Å². The molecule has 17 heavy (non-hydrogen) atoms. The number of ether oxygens (including phenoxy) is 1. The van der Waals surface area contributed by atoms with Crippen molar-refractivity contribution in [1.82, 2.24) is 4.90 Å². The van der Waals surface area contributed by atoms with Crippen LogP contribution in [0.5, 0.6) is 0 Å². The molecule has 2 atom stereocenters. The monoisotopic (exact) mass is 244 g/mol. The lowest BCUT2D eigenvalue weighted by Gasteiger charge is -2.26. The minimum Gasteiger partial charge on any atom is -0.480 e. The van der Waals surface area contributed by atoms with Gasteiger partial charge in [0.25, 0.3) is 0 Å². The van der Waals surface area contributed by atoms with Crippen LogP contribution in [0.4, 0.5) is 4.79 Å². The highest BCUT2D eigenvalue weighted by molar-refractivity contribution is 5.81. The summed E-state index contributed by atoms with van der Waals surface area (Å²) in [6, 6.07) is -0.821. The Morgan fingerprint density at radius 3 is 2.47 bits per heavy atom. The number of hydrogen-bond donors (Lipinski definition) is 2. The number of aliphatic carboxylic acids is 1. The summed E-state index contributed by atoms with van der Waals surface area (Å²) < 4.78 is 5.18. The van der Waals surface area contributed by atoms with Gasteiger partial charge in [-0.3, -0.25) is 4.90 Å². The van der Waals surface area contributed by atoms with Crippen molar-refractivity contribution >= 4 is 12.1 Å². The van der Waals surface area contributed by atoms with Crippen molar-refractivity contribution in [3.8, 4) is 0 Å². The van der Waals surface area contributed by atoms with Crippen LogP contribution in [0.1, 0.15) is 27.2 Å². The Morgan fingerprint density at radius 1 is 1.47 bits per heavy atom. The highest BCUT2D eigenvalue weighted by Crippen LogP contribution is 2.24. The molecule has 1 rings (SSSR count). The smallest absolute Gasteiger partial charge is 0.411 e. The first-order chi connectivity index (χ1) is 7.74. The maximum atomic E-state index is 11.8. The zero-order valence-corrected chi connectivity index (χ0v) is 10.5. The van der Waals surface area contributed by atoms with Crippen molar-refractivity contribution in [2.75, 3.05) is 13.1 Å².